The Bertz CT molecular complexity index is 977. The number of aromatic nitrogens is 1. The van der Waals surface area contributed by atoms with Crippen LogP contribution in [-0.2, 0) is 11.3 Å². The largest absolute Gasteiger partial charge is 0.356 e. The van der Waals surface area contributed by atoms with E-state index in [1.165, 1.54) is 10.6 Å². The predicted molar refractivity (Wildman–Crippen MR) is 106 cm³/mol. The maximum absolute atomic E-state index is 13.0. The molecule has 1 spiro atoms. The third-order valence-corrected chi connectivity index (χ3v) is 6.21. The normalized spacial score (nSPS) is 18.3. The molecule has 2 aliphatic heterocycles. The molecule has 3 heterocycles. The maximum Gasteiger partial charge on any atom is 0.255 e. The average Bonchev–Trinajstić information content (AvgIpc) is 3.05. The molecule has 0 saturated carbocycles. The molecule has 2 amide bonds. The molecule has 0 bridgehead atoms. The fourth-order valence-electron chi connectivity index (χ4n) is 4.06. The van der Waals surface area contributed by atoms with Crippen molar-refractivity contribution in [2.45, 2.75) is 25.8 Å². The molecule has 1 aromatic carbocycles. The van der Waals surface area contributed by atoms with E-state index in [2.05, 4.69) is 5.32 Å². The van der Waals surface area contributed by atoms with E-state index in [9.17, 15) is 14.4 Å². The van der Waals surface area contributed by atoms with Gasteiger partial charge in [-0.3, -0.25) is 14.4 Å². The summed E-state index contributed by atoms with van der Waals surface area (Å²) in [5.41, 5.74) is 1.14. The summed E-state index contributed by atoms with van der Waals surface area (Å²) >= 11 is 6.20. The first kappa shape index (κ1) is 18.7. The topological polar surface area (TPSA) is 71.4 Å². The van der Waals surface area contributed by atoms with Gasteiger partial charge in [-0.2, -0.15) is 0 Å². The first-order chi connectivity index (χ1) is 13.5. The third-order valence-electron chi connectivity index (χ3n) is 5.84. The Morgan fingerprint density at radius 1 is 1.11 bits per heavy atom. The van der Waals surface area contributed by atoms with Crippen molar-refractivity contribution < 1.29 is 9.59 Å². The lowest BCUT2D eigenvalue weighted by Gasteiger charge is -2.38. The van der Waals surface area contributed by atoms with Gasteiger partial charge < -0.3 is 14.8 Å². The van der Waals surface area contributed by atoms with E-state index < -0.39 is 0 Å². The number of carbonyl (C=O) groups excluding carboxylic acids is 2. The molecule has 28 heavy (non-hydrogen) atoms. The lowest BCUT2D eigenvalue weighted by molar-refractivity contribution is -0.119. The molecule has 4 rings (SSSR count). The van der Waals surface area contributed by atoms with Crippen LogP contribution >= 0.6 is 11.6 Å². The molecule has 146 valence electrons. The van der Waals surface area contributed by atoms with Crippen LogP contribution in [0.25, 0.3) is 0 Å². The van der Waals surface area contributed by atoms with Crippen LogP contribution in [0.4, 0.5) is 0 Å². The number of likely N-dealkylation sites (tertiary alicyclic amines) is 1. The minimum atomic E-state index is -0.176. The average molecular weight is 400 g/mol. The molecular weight excluding hydrogens is 378 g/mol. The summed E-state index contributed by atoms with van der Waals surface area (Å²) in [7, 11) is 0. The number of carbonyl (C=O) groups is 2. The smallest absolute Gasteiger partial charge is 0.255 e. The zero-order chi connectivity index (χ0) is 19.7. The number of nitrogens with one attached hydrogen (secondary N) is 1. The predicted octanol–water partition coefficient (Wildman–Crippen LogP) is 2.29. The van der Waals surface area contributed by atoms with E-state index in [1.54, 1.807) is 18.3 Å². The molecular formula is C21H22ClN3O3. The highest BCUT2D eigenvalue weighted by molar-refractivity contribution is 6.31. The van der Waals surface area contributed by atoms with Gasteiger partial charge in [-0.05, 0) is 36.0 Å². The fourth-order valence-corrected chi connectivity index (χ4v) is 4.26. The van der Waals surface area contributed by atoms with Crippen LogP contribution in [0.3, 0.4) is 0 Å². The van der Waals surface area contributed by atoms with Crippen molar-refractivity contribution in [3.63, 3.8) is 0 Å². The summed E-state index contributed by atoms with van der Waals surface area (Å²) < 4.78 is 1.51. The quantitative estimate of drug-likeness (QED) is 0.860. The number of pyridine rings is 1. The van der Waals surface area contributed by atoms with Crippen LogP contribution < -0.4 is 10.9 Å². The van der Waals surface area contributed by atoms with Crippen LogP contribution in [0.15, 0.2) is 47.4 Å². The summed E-state index contributed by atoms with van der Waals surface area (Å²) in [6.07, 6.45) is 3.80. The fraction of sp³-hybridized carbons (Fsp3) is 0.381. The highest BCUT2D eigenvalue weighted by Gasteiger charge is 2.41. The number of hydrogen-bond acceptors (Lipinski definition) is 3. The Morgan fingerprint density at radius 3 is 2.54 bits per heavy atom. The molecule has 0 atom stereocenters. The first-order valence-electron chi connectivity index (χ1n) is 9.46. The standard InChI is InChI=1S/C21H22ClN3O3/c22-17-4-2-1-3-15(17)12-25-13-16(5-6-19(25)27)20(28)24-9-7-21(8-10-24)11-18(26)23-14-21/h1-6,13H,7-12,14H2,(H,23,26). The SMILES string of the molecule is O=C1CC2(CCN(C(=O)c3ccc(=O)n(Cc4ccccc4Cl)c3)CC2)CN1. The second-order valence-corrected chi connectivity index (χ2v) is 8.13. The van der Waals surface area contributed by atoms with Gasteiger partial charge in [-0.15, -0.1) is 0 Å². The number of rotatable bonds is 3. The number of halogens is 1. The molecule has 2 saturated heterocycles. The third kappa shape index (κ3) is 3.69. The number of nitrogens with zero attached hydrogens (tertiary/aromatic N) is 2. The zero-order valence-corrected chi connectivity index (χ0v) is 16.2. The molecule has 0 aliphatic carbocycles. The monoisotopic (exact) mass is 399 g/mol. The van der Waals surface area contributed by atoms with Crippen LogP contribution in [0, 0.1) is 5.41 Å². The molecule has 6 nitrogen and oxygen atoms in total. The van der Waals surface area contributed by atoms with Gasteiger partial charge in [-0.25, -0.2) is 0 Å². The summed E-state index contributed by atoms with van der Waals surface area (Å²) in [4.78, 5) is 38.6. The highest BCUT2D eigenvalue weighted by Crippen LogP contribution is 2.37. The van der Waals surface area contributed by atoms with Crippen molar-refractivity contribution in [2.75, 3.05) is 19.6 Å². The van der Waals surface area contributed by atoms with Gasteiger partial charge in [0.25, 0.3) is 11.5 Å². The maximum atomic E-state index is 13.0. The summed E-state index contributed by atoms with van der Waals surface area (Å²) in [6, 6.07) is 10.4. The number of benzene rings is 1. The molecule has 1 aromatic heterocycles. The van der Waals surface area contributed by atoms with Crippen LogP contribution in [0.2, 0.25) is 5.02 Å². The highest BCUT2D eigenvalue weighted by atomic mass is 35.5. The van der Waals surface area contributed by atoms with Gasteiger partial charge in [0.05, 0.1) is 12.1 Å². The van der Waals surface area contributed by atoms with Gasteiger partial charge in [-0.1, -0.05) is 29.8 Å². The van der Waals surface area contributed by atoms with E-state index in [-0.39, 0.29) is 22.8 Å². The summed E-state index contributed by atoms with van der Waals surface area (Å²) in [5.74, 6) is 0.0199. The van der Waals surface area contributed by atoms with Crippen molar-refractivity contribution in [3.8, 4) is 0 Å². The second kappa shape index (κ2) is 7.43. The van der Waals surface area contributed by atoms with Crippen molar-refractivity contribution in [1.29, 1.82) is 0 Å². The van der Waals surface area contributed by atoms with Crippen LogP contribution in [-0.4, -0.2) is 40.9 Å². The van der Waals surface area contributed by atoms with Crippen LogP contribution in [0.1, 0.15) is 35.2 Å². The Morgan fingerprint density at radius 2 is 1.86 bits per heavy atom. The Labute approximate surface area is 168 Å². The minimum absolute atomic E-state index is 0.00327. The number of piperidine rings is 1. The van der Waals surface area contributed by atoms with Gasteiger partial charge >= 0.3 is 0 Å². The Kier molecular flexibility index (Phi) is 4.98. The second-order valence-electron chi connectivity index (χ2n) is 7.72. The van der Waals surface area contributed by atoms with E-state index >= 15 is 0 Å². The lowest BCUT2D eigenvalue weighted by Crippen LogP contribution is -2.44. The lowest BCUT2D eigenvalue weighted by atomic mass is 9.77. The van der Waals surface area contributed by atoms with E-state index in [1.807, 2.05) is 23.1 Å². The van der Waals surface area contributed by atoms with Crippen molar-refractivity contribution in [1.82, 2.24) is 14.8 Å². The Balaban J connectivity index is 1.49. The number of hydrogen-bond donors (Lipinski definition) is 1. The Hall–Kier alpha value is -2.60. The molecule has 2 fully saturated rings. The minimum Gasteiger partial charge on any atom is -0.356 e. The van der Waals surface area contributed by atoms with Gasteiger partial charge in [0.2, 0.25) is 5.91 Å². The van der Waals surface area contributed by atoms with E-state index in [4.69, 9.17) is 11.6 Å². The van der Waals surface area contributed by atoms with Gasteiger partial charge in [0, 0.05) is 43.3 Å². The molecule has 2 aromatic rings. The molecule has 0 unspecified atom stereocenters. The van der Waals surface area contributed by atoms with Crippen molar-refractivity contribution in [3.05, 3.63) is 69.1 Å². The van der Waals surface area contributed by atoms with E-state index in [0.29, 0.717) is 43.2 Å². The van der Waals surface area contributed by atoms with E-state index in [0.717, 1.165) is 18.4 Å². The summed E-state index contributed by atoms with van der Waals surface area (Å²) in [5, 5.41) is 3.50. The van der Waals surface area contributed by atoms with Crippen molar-refractivity contribution >= 4 is 23.4 Å². The van der Waals surface area contributed by atoms with Crippen molar-refractivity contribution in [2.24, 2.45) is 5.41 Å². The first-order valence-corrected chi connectivity index (χ1v) is 9.83. The van der Waals surface area contributed by atoms with Crippen LogP contribution in [0.5, 0.6) is 0 Å². The molecule has 0 radical (unpaired) electrons. The summed E-state index contributed by atoms with van der Waals surface area (Å²) in [6.45, 7) is 2.27. The van der Waals surface area contributed by atoms with Gasteiger partial charge in [0.15, 0.2) is 0 Å². The molecule has 1 N–H and O–H groups in total. The molecule has 7 heteroatoms. The zero-order valence-electron chi connectivity index (χ0n) is 15.5. The molecule has 2 aliphatic rings. The number of amides is 2. The van der Waals surface area contributed by atoms with Gasteiger partial charge in [0.1, 0.15) is 0 Å².